The molecule has 9 atom stereocenters. The quantitative estimate of drug-likeness (QED) is 0.137. The largest absolute Gasteiger partial charge is 0.508 e. The molecule has 0 aliphatic carbocycles. The summed E-state index contributed by atoms with van der Waals surface area (Å²) in [4.78, 5) is 13.5. The standard InChI is InChI=1S/C26H28O16/c27-9-4-12(30)16-14(5-9)40-23(8-1-2-10(28)11(29)3-8)24(19(16)34)42-26-22(37)20(35)18(33)15(41-26)7-39-25-21(36)17(32)13(31)6-38-25/h1-5,13,15,17-18,20-22,25-33,35-37H,6-7H2/t13-,15-,17+,18+,20+,21-,22-,25+,26+/m0/s1. The van der Waals surface area contributed by atoms with E-state index in [0.29, 0.717) is 0 Å². The Morgan fingerprint density at radius 2 is 1.50 bits per heavy atom. The molecule has 16 nitrogen and oxygen atoms in total. The molecule has 0 amide bonds. The maximum absolute atomic E-state index is 13.5. The van der Waals surface area contributed by atoms with E-state index in [0.717, 1.165) is 24.3 Å². The lowest BCUT2D eigenvalue weighted by molar-refractivity contribution is -0.307. The van der Waals surface area contributed by atoms with E-state index in [1.165, 1.54) is 6.07 Å². The Morgan fingerprint density at radius 3 is 2.21 bits per heavy atom. The molecule has 1 aromatic heterocycles. The molecule has 3 heterocycles. The van der Waals surface area contributed by atoms with E-state index in [4.69, 9.17) is 23.4 Å². The number of hydrogen-bond acceptors (Lipinski definition) is 16. The zero-order valence-electron chi connectivity index (χ0n) is 21.4. The van der Waals surface area contributed by atoms with Gasteiger partial charge in [0.05, 0.1) is 13.2 Å². The van der Waals surface area contributed by atoms with E-state index in [-0.39, 0.29) is 17.8 Å². The number of aliphatic hydroxyl groups is 6. The molecule has 228 valence electrons. The molecule has 0 saturated carbocycles. The van der Waals surface area contributed by atoms with Gasteiger partial charge in [0.1, 0.15) is 65.2 Å². The van der Waals surface area contributed by atoms with Gasteiger partial charge in [-0.1, -0.05) is 0 Å². The predicted octanol–water partition coefficient (Wildman–Crippen LogP) is -2.08. The second-order valence-electron chi connectivity index (χ2n) is 9.85. The summed E-state index contributed by atoms with van der Waals surface area (Å²) in [6.07, 6.45) is -15.1. The third-order valence-corrected chi connectivity index (χ3v) is 6.94. The molecule has 3 aromatic rings. The van der Waals surface area contributed by atoms with E-state index >= 15 is 0 Å². The van der Waals surface area contributed by atoms with Crippen LogP contribution in [-0.4, -0.2) is 120 Å². The van der Waals surface area contributed by atoms with Gasteiger partial charge in [-0.2, -0.15) is 0 Å². The summed E-state index contributed by atoms with van der Waals surface area (Å²) < 4.78 is 27.5. The molecule has 42 heavy (non-hydrogen) atoms. The smallest absolute Gasteiger partial charge is 0.239 e. The van der Waals surface area contributed by atoms with E-state index in [2.05, 4.69) is 0 Å². The van der Waals surface area contributed by atoms with E-state index < -0.39 is 107 Å². The van der Waals surface area contributed by atoms with E-state index in [1.54, 1.807) is 0 Å². The highest BCUT2D eigenvalue weighted by Crippen LogP contribution is 2.39. The molecule has 0 spiro atoms. The van der Waals surface area contributed by atoms with Gasteiger partial charge in [-0.15, -0.1) is 0 Å². The highest BCUT2D eigenvalue weighted by atomic mass is 16.7. The van der Waals surface area contributed by atoms with Gasteiger partial charge in [-0.3, -0.25) is 4.79 Å². The van der Waals surface area contributed by atoms with Crippen molar-refractivity contribution < 1.29 is 74.4 Å². The highest BCUT2D eigenvalue weighted by molar-refractivity contribution is 5.88. The SMILES string of the molecule is O=c1c(O[C@H]2O[C@@H](CO[C@H]3OC[C@H](O)[C@@H](O)[C@@H]3O)[C@@H](O)[C@@H](O)[C@@H]2O)c(-c2ccc(O)c(O)c2)oc2cc(O)cc(O)c12. The van der Waals surface area contributed by atoms with Crippen LogP contribution in [0, 0.1) is 0 Å². The summed E-state index contributed by atoms with van der Waals surface area (Å²) in [5.74, 6) is -3.33. The van der Waals surface area contributed by atoms with Gasteiger partial charge >= 0.3 is 0 Å². The third-order valence-electron chi connectivity index (χ3n) is 6.94. The minimum absolute atomic E-state index is 0.0305. The van der Waals surface area contributed by atoms with Crippen LogP contribution in [0.5, 0.6) is 28.7 Å². The molecule has 0 radical (unpaired) electrons. The molecular formula is C26H28O16. The molecule has 2 aromatic carbocycles. The number of hydrogen-bond donors (Lipinski definition) is 10. The zero-order chi connectivity index (χ0) is 30.5. The summed E-state index contributed by atoms with van der Waals surface area (Å²) in [5.41, 5.74) is -1.35. The molecule has 0 unspecified atom stereocenters. The van der Waals surface area contributed by atoms with Crippen molar-refractivity contribution in [2.24, 2.45) is 0 Å². The van der Waals surface area contributed by atoms with E-state index in [1.807, 2.05) is 0 Å². The van der Waals surface area contributed by atoms with Crippen LogP contribution >= 0.6 is 0 Å². The minimum Gasteiger partial charge on any atom is -0.508 e. The van der Waals surface area contributed by atoms with Gasteiger partial charge in [0, 0.05) is 17.7 Å². The monoisotopic (exact) mass is 596 g/mol. The first kappa shape index (κ1) is 29.8. The lowest BCUT2D eigenvalue weighted by atomic mass is 9.99. The van der Waals surface area contributed by atoms with Crippen LogP contribution in [0.25, 0.3) is 22.3 Å². The van der Waals surface area contributed by atoms with Crippen molar-refractivity contribution >= 4 is 11.0 Å². The lowest BCUT2D eigenvalue weighted by Gasteiger charge is -2.41. The molecule has 10 N–H and O–H groups in total. The van der Waals surface area contributed by atoms with Crippen molar-refractivity contribution in [2.45, 2.75) is 55.3 Å². The van der Waals surface area contributed by atoms with Crippen LogP contribution in [-0.2, 0) is 14.2 Å². The summed E-state index contributed by atoms with van der Waals surface area (Å²) in [6, 6.07) is 5.23. The van der Waals surface area contributed by atoms with Crippen LogP contribution < -0.4 is 10.2 Å². The van der Waals surface area contributed by atoms with Gasteiger partial charge in [-0.25, -0.2) is 0 Å². The molecule has 2 aliphatic rings. The third kappa shape index (κ3) is 5.42. The van der Waals surface area contributed by atoms with Crippen molar-refractivity contribution in [3.05, 3.63) is 40.6 Å². The summed E-state index contributed by atoms with van der Waals surface area (Å²) in [5, 5.41) is 101. The number of phenols is 4. The van der Waals surface area contributed by atoms with Gasteiger partial charge in [-0.05, 0) is 18.2 Å². The first-order chi connectivity index (χ1) is 19.9. The average molecular weight is 596 g/mol. The summed E-state index contributed by atoms with van der Waals surface area (Å²) in [7, 11) is 0. The van der Waals surface area contributed by atoms with Crippen molar-refractivity contribution in [1.82, 2.24) is 0 Å². The van der Waals surface area contributed by atoms with E-state index in [9.17, 15) is 55.9 Å². The number of ether oxygens (including phenoxy) is 4. The lowest BCUT2D eigenvalue weighted by Crippen LogP contribution is -2.61. The second-order valence-corrected chi connectivity index (χ2v) is 9.85. The topological polar surface area (TPSA) is 269 Å². The Bertz CT molecular complexity index is 1510. The molecule has 2 saturated heterocycles. The maximum Gasteiger partial charge on any atom is 0.239 e. The van der Waals surface area contributed by atoms with Crippen LogP contribution in [0.3, 0.4) is 0 Å². The van der Waals surface area contributed by atoms with Gasteiger partial charge in [0.15, 0.2) is 23.5 Å². The number of rotatable bonds is 6. The highest BCUT2D eigenvalue weighted by Gasteiger charge is 2.47. The average Bonchev–Trinajstić information content (AvgIpc) is 2.94. The fourth-order valence-electron chi connectivity index (χ4n) is 4.61. The van der Waals surface area contributed by atoms with Crippen LogP contribution in [0.4, 0.5) is 0 Å². The Balaban J connectivity index is 1.48. The molecular weight excluding hydrogens is 568 g/mol. The van der Waals surface area contributed by atoms with Crippen LogP contribution in [0.2, 0.25) is 0 Å². The van der Waals surface area contributed by atoms with Crippen molar-refractivity contribution in [1.29, 1.82) is 0 Å². The molecule has 2 fully saturated rings. The summed E-state index contributed by atoms with van der Waals surface area (Å²) in [6.45, 7) is -0.970. The predicted molar refractivity (Wildman–Crippen MR) is 136 cm³/mol. The molecule has 5 rings (SSSR count). The Labute approximate surface area is 235 Å². The first-order valence-electron chi connectivity index (χ1n) is 12.6. The van der Waals surface area contributed by atoms with Gasteiger partial charge in [0.25, 0.3) is 0 Å². The number of aromatic hydroxyl groups is 4. The molecule has 2 aliphatic heterocycles. The van der Waals surface area contributed by atoms with Gasteiger partial charge < -0.3 is 74.4 Å². The number of benzene rings is 2. The minimum atomic E-state index is -1.96. The fraction of sp³-hybridized carbons (Fsp3) is 0.423. The Morgan fingerprint density at radius 1 is 0.786 bits per heavy atom. The molecule has 16 heteroatoms. The number of phenolic OH excluding ortho intramolecular Hbond substituents is 4. The number of aliphatic hydroxyl groups excluding tert-OH is 6. The Kier molecular flexibility index (Phi) is 8.17. The zero-order valence-corrected chi connectivity index (χ0v) is 21.4. The maximum atomic E-state index is 13.5. The number of fused-ring (bicyclic) bond motifs is 1. The summed E-state index contributed by atoms with van der Waals surface area (Å²) >= 11 is 0. The van der Waals surface area contributed by atoms with Crippen molar-refractivity contribution in [3.8, 4) is 40.1 Å². The first-order valence-corrected chi connectivity index (χ1v) is 12.6. The van der Waals surface area contributed by atoms with Crippen LogP contribution in [0.1, 0.15) is 0 Å². The normalized spacial score (nSPS) is 31.7. The van der Waals surface area contributed by atoms with Crippen molar-refractivity contribution in [2.75, 3.05) is 13.2 Å². The Hall–Kier alpha value is -3.71. The fourth-order valence-corrected chi connectivity index (χ4v) is 4.61. The van der Waals surface area contributed by atoms with Crippen molar-refractivity contribution in [3.63, 3.8) is 0 Å². The van der Waals surface area contributed by atoms with Crippen LogP contribution in [0.15, 0.2) is 39.5 Å². The van der Waals surface area contributed by atoms with Gasteiger partial charge in [0.2, 0.25) is 17.5 Å². The second kappa shape index (κ2) is 11.5. The molecule has 0 bridgehead atoms.